The summed E-state index contributed by atoms with van der Waals surface area (Å²) in [6, 6.07) is 11.2. The summed E-state index contributed by atoms with van der Waals surface area (Å²) in [5.41, 5.74) is 1.89. The molecule has 1 aromatic heterocycles. The Bertz CT molecular complexity index is 1040. The third kappa shape index (κ3) is 6.96. The zero-order valence-corrected chi connectivity index (χ0v) is 21.4. The highest BCUT2D eigenvalue weighted by atomic mass is 35.5. The first kappa shape index (κ1) is 26.7. The summed E-state index contributed by atoms with van der Waals surface area (Å²) in [7, 11) is 5.67. The van der Waals surface area contributed by atoms with Crippen molar-refractivity contribution in [3.63, 3.8) is 0 Å². The molecule has 0 N–H and O–H groups in total. The molecule has 180 valence electrons. The van der Waals surface area contributed by atoms with Gasteiger partial charge in [-0.15, -0.1) is 12.4 Å². The van der Waals surface area contributed by atoms with Crippen LogP contribution in [0, 0.1) is 6.92 Å². The van der Waals surface area contributed by atoms with Crippen molar-refractivity contribution >= 4 is 45.0 Å². The fourth-order valence-corrected chi connectivity index (χ4v) is 4.37. The number of carbonyl (C=O) groups is 1. The van der Waals surface area contributed by atoms with E-state index >= 15 is 0 Å². The van der Waals surface area contributed by atoms with Crippen molar-refractivity contribution in [1.82, 2.24) is 9.88 Å². The summed E-state index contributed by atoms with van der Waals surface area (Å²) in [5.74, 6) is 1.97. The molecule has 3 aromatic rings. The first-order valence-electron chi connectivity index (χ1n) is 10.7. The maximum absolute atomic E-state index is 13.2. The third-order valence-electron chi connectivity index (χ3n) is 4.93. The van der Waals surface area contributed by atoms with Crippen molar-refractivity contribution in [1.29, 1.82) is 0 Å². The molecule has 0 saturated carbocycles. The first-order valence-corrected chi connectivity index (χ1v) is 11.5. The molecule has 0 atom stereocenters. The number of anilines is 1. The molecule has 0 aliphatic heterocycles. The number of thiazole rings is 1. The lowest BCUT2D eigenvalue weighted by Crippen LogP contribution is -2.36. The largest absolute Gasteiger partial charge is 0.494 e. The van der Waals surface area contributed by atoms with E-state index in [1.165, 1.54) is 11.3 Å². The Labute approximate surface area is 205 Å². The van der Waals surface area contributed by atoms with Crippen molar-refractivity contribution in [3.05, 3.63) is 42.0 Å². The molecule has 0 aliphatic carbocycles. The standard InChI is InChI=1S/C24H31N3O4S.ClH/c1-6-30-18-9-11-19(12-10-18)31-16-21(28)27(15-7-14-26(3)4)24-25-22-20(29-5)13-8-17(2)23(22)32-24;/h8-13H,6-7,14-16H2,1-5H3;1H. The van der Waals surface area contributed by atoms with Gasteiger partial charge in [-0.25, -0.2) is 4.98 Å². The molecule has 2 aromatic carbocycles. The van der Waals surface area contributed by atoms with Crippen molar-refractivity contribution in [2.24, 2.45) is 0 Å². The molecule has 0 radical (unpaired) electrons. The molecular weight excluding hydrogens is 462 g/mol. The Morgan fingerprint density at radius 2 is 1.70 bits per heavy atom. The number of methoxy groups -OCH3 is 1. The van der Waals surface area contributed by atoms with Gasteiger partial charge in [-0.2, -0.15) is 0 Å². The number of carbonyl (C=O) groups excluding carboxylic acids is 1. The van der Waals surface area contributed by atoms with E-state index in [0.29, 0.717) is 29.8 Å². The number of hydrogen-bond acceptors (Lipinski definition) is 7. The van der Waals surface area contributed by atoms with Crippen molar-refractivity contribution in [2.45, 2.75) is 20.3 Å². The molecule has 1 amide bonds. The van der Waals surface area contributed by atoms with Crippen molar-refractivity contribution in [3.8, 4) is 17.2 Å². The maximum Gasteiger partial charge on any atom is 0.266 e. The second kappa shape index (κ2) is 12.6. The molecule has 1 heterocycles. The second-order valence-electron chi connectivity index (χ2n) is 7.65. The molecule has 0 unspecified atom stereocenters. The summed E-state index contributed by atoms with van der Waals surface area (Å²) in [6.07, 6.45) is 0.827. The number of rotatable bonds is 11. The van der Waals surface area contributed by atoms with Gasteiger partial charge in [0, 0.05) is 6.54 Å². The van der Waals surface area contributed by atoms with E-state index in [0.717, 1.165) is 34.5 Å². The summed E-state index contributed by atoms with van der Waals surface area (Å²) in [5, 5.41) is 0.659. The first-order chi connectivity index (χ1) is 15.4. The smallest absolute Gasteiger partial charge is 0.266 e. The molecule has 0 bridgehead atoms. The van der Waals surface area contributed by atoms with Gasteiger partial charge in [-0.3, -0.25) is 9.69 Å². The van der Waals surface area contributed by atoms with Gasteiger partial charge in [0.1, 0.15) is 22.8 Å². The summed E-state index contributed by atoms with van der Waals surface area (Å²) in [6.45, 7) is 5.95. The number of hydrogen-bond donors (Lipinski definition) is 0. The van der Waals surface area contributed by atoms with Crippen LogP contribution in [0.25, 0.3) is 10.2 Å². The Hall–Kier alpha value is -2.55. The van der Waals surface area contributed by atoms with Crippen LogP contribution < -0.4 is 19.1 Å². The summed E-state index contributed by atoms with van der Waals surface area (Å²) in [4.78, 5) is 21.8. The van der Waals surface area contributed by atoms with Crippen molar-refractivity contribution in [2.75, 3.05) is 52.4 Å². The average Bonchev–Trinajstić information content (AvgIpc) is 3.22. The van der Waals surface area contributed by atoms with E-state index in [2.05, 4.69) is 4.90 Å². The molecule has 7 nitrogen and oxygen atoms in total. The lowest BCUT2D eigenvalue weighted by Gasteiger charge is -2.21. The highest BCUT2D eigenvalue weighted by Gasteiger charge is 2.22. The van der Waals surface area contributed by atoms with E-state index < -0.39 is 0 Å². The Morgan fingerprint density at radius 1 is 1.03 bits per heavy atom. The van der Waals surface area contributed by atoms with E-state index in [1.54, 1.807) is 24.1 Å². The molecule has 9 heteroatoms. The van der Waals surface area contributed by atoms with E-state index in [4.69, 9.17) is 19.2 Å². The normalized spacial score (nSPS) is 10.7. The molecule has 33 heavy (non-hydrogen) atoms. The van der Waals surface area contributed by atoms with Gasteiger partial charge >= 0.3 is 0 Å². The van der Waals surface area contributed by atoms with E-state index in [-0.39, 0.29) is 24.9 Å². The van der Waals surface area contributed by atoms with Crippen LogP contribution >= 0.6 is 23.7 Å². The Morgan fingerprint density at radius 3 is 2.30 bits per heavy atom. The Balaban J connectivity index is 0.00000385. The summed E-state index contributed by atoms with van der Waals surface area (Å²) < 4.78 is 17.7. The van der Waals surface area contributed by atoms with Gasteiger partial charge in [0.05, 0.1) is 18.4 Å². The number of halogens is 1. The van der Waals surface area contributed by atoms with Crippen LogP contribution in [0.1, 0.15) is 18.9 Å². The lowest BCUT2D eigenvalue weighted by molar-refractivity contribution is -0.120. The fourth-order valence-electron chi connectivity index (χ4n) is 3.27. The number of aryl methyl sites for hydroxylation is 1. The van der Waals surface area contributed by atoms with Gasteiger partial charge in [0.15, 0.2) is 11.7 Å². The minimum atomic E-state index is -0.131. The van der Waals surface area contributed by atoms with Crippen LogP contribution in [-0.4, -0.2) is 63.3 Å². The van der Waals surface area contributed by atoms with Crippen molar-refractivity contribution < 1.29 is 19.0 Å². The second-order valence-corrected chi connectivity index (χ2v) is 8.63. The lowest BCUT2D eigenvalue weighted by atomic mass is 10.2. The highest BCUT2D eigenvalue weighted by Crippen LogP contribution is 2.36. The maximum atomic E-state index is 13.2. The van der Waals surface area contributed by atoms with Crippen LogP contribution in [0.15, 0.2) is 36.4 Å². The van der Waals surface area contributed by atoms with Crippen LogP contribution in [-0.2, 0) is 4.79 Å². The minimum absolute atomic E-state index is 0. The average molecular weight is 494 g/mol. The topological polar surface area (TPSA) is 64.1 Å². The van der Waals surface area contributed by atoms with Crippen LogP contribution in [0.5, 0.6) is 17.2 Å². The van der Waals surface area contributed by atoms with Gasteiger partial charge in [-0.05, 0) is 76.8 Å². The monoisotopic (exact) mass is 493 g/mol. The van der Waals surface area contributed by atoms with Gasteiger partial charge in [0.2, 0.25) is 0 Å². The van der Waals surface area contributed by atoms with Gasteiger partial charge < -0.3 is 19.1 Å². The molecule has 0 saturated heterocycles. The number of nitrogens with zero attached hydrogens (tertiary/aromatic N) is 3. The van der Waals surface area contributed by atoms with Crippen LogP contribution in [0.4, 0.5) is 5.13 Å². The predicted octanol–water partition coefficient (Wildman–Crippen LogP) is 4.80. The van der Waals surface area contributed by atoms with Gasteiger partial charge in [-0.1, -0.05) is 17.4 Å². The molecule has 0 aliphatic rings. The molecule has 0 fully saturated rings. The number of ether oxygens (including phenoxy) is 3. The zero-order valence-electron chi connectivity index (χ0n) is 19.8. The molecule has 0 spiro atoms. The Kier molecular flexibility index (Phi) is 10.2. The summed E-state index contributed by atoms with van der Waals surface area (Å²) >= 11 is 1.51. The zero-order chi connectivity index (χ0) is 23.1. The number of aromatic nitrogens is 1. The van der Waals surface area contributed by atoms with E-state index in [1.807, 2.05) is 52.2 Å². The minimum Gasteiger partial charge on any atom is -0.494 e. The SMILES string of the molecule is CCOc1ccc(OCC(=O)N(CCCN(C)C)c2nc3c(OC)ccc(C)c3s2)cc1.Cl. The number of fused-ring (bicyclic) bond motifs is 1. The molecule has 3 rings (SSSR count). The van der Waals surface area contributed by atoms with E-state index in [9.17, 15) is 4.79 Å². The fraction of sp³-hybridized carbons (Fsp3) is 0.417. The number of amides is 1. The molecular formula is C24H32ClN3O4S. The highest BCUT2D eigenvalue weighted by molar-refractivity contribution is 7.22. The van der Waals surface area contributed by atoms with Crippen LogP contribution in [0.2, 0.25) is 0 Å². The van der Waals surface area contributed by atoms with Crippen LogP contribution in [0.3, 0.4) is 0 Å². The predicted molar refractivity (Wildman–Crippen MR) is 137 cm³/mol. The van der Waals surface area contributed by atoms with Gasteiger partial charge in [0.25, 0.3) is 5.91 Å². The third-order valence-corrected chi connectivity index (χ3v) is 6.14. The number of benzene rings is 2. The quantitative estimate of drug-likeness (QED) is 0.382.